The van der Waals surface area contributed by atoms with Gasteiger partial charge < -0.3 is 5.32 Å². The molecule has 0 radical (unpaired) electrons. The number of sulfonamides is 1. The summed E-state index contributed by atoms with van der Waals surface area (Å²) in [5.41, 5.74) is 4.92. The Morgan fingerprint density at radius 1 is 1.17 bits per heavy atom. The number of carbonyl (C=O) groups excluding carboxylic acids is 1. The number of carbonyl (C=O) groups is 1. The van der Waals surface area contributed by atoms with Crippen LogP contribution in [0.15, 0.2) is 24.3 Å². The van der Waals surface area contributed by atoms with E-state index >= 15 is 0 Å². The number of benzene rings is 1. The third kappa shape index (κ3) is 4.23. The maximum Gasteiger partial charge on any atom is 0.272 e. The molecule has 1 aromatic heterocycles. The highest BCUT2D eigenvalue weighted by atomic mass is 32.2. The lowest BCUT2D eigenvalue weighted by molar-refractivity contribution is 0.0935. The monoisotopic (exact) mass is 416 g/mol. The second-order valence-corrected chi connectivity index (χ2v) is 10.2. The molecule has 156 valence electrons. The van der Waals surface area contributed by atoms with Crippen molar-refractivity contribution in [2.24, 2.45) is 5.92 Å². The third-order valence-electron chi connectivity index (χ3n) is 6.02. The second kappa shape index (κ2) is 7.91. The first-order valence-corrected chi connectivity index (χ1v) is 12.1. The van der Waals surface area contributed by atoms with Crippen molar-refractivity contribution in [2.75, 3.05) is 25.9 Å². The minimum Gasteiger partial charge on any atom is -0.350 e. The predicted octanol–water partition coefficient (Wildman–Crippen LogP) is 2.07. The molecular formula is C21H28N4O3S. The molecule has 0 bridgehead atoms. The number of nitrogens with zero attached hydrogens (tertiary/aromatic N) is 3. The molecule has 1 fully saturated rings. The van der Waals surface area contributed by atoms with Crippen LogP contribution in [0, 0.1) is 12.8 Å². The van der Waals surface area contributed by atoms with Crippen molar-refractivity contribution >= 4 is 15.9 Å². The van der Waals surface area contributed by atoms with Crippen LogP contribution in [0.5, 0.6) is 0 Å². The zero-order chi connectivity index (χ0) is 20.6. The van der Waals surface area contributed by atoms with Crippen molar-refractivity contribution < 1.29 is 13.2 Å². The number of aryl methyl sites for hydroxylation is 1. The lowest BCUT2D eigenvalue weighted by atomic mass is 9.98. The van der Waals surface area contributed by atoms with E-state index in [9.17, 15) is 13.2 Å². The van der Waals surface area contributed by atoms with Gasteiger partial charge in [-0.15, -0.1) is 0 Å². The molecule has 0 unspecified atom stereocenters. The predicted molar refractivity (Wildman–Crippen MR) is 112 cm³/mol. The van der Waals surface area contributed by atoms with Crippen LogP contribution in [0.2, 0.25) is 0 Å². The Morgan fingerprint density at radius 3 is 2.52 bits per heavy atom. The lowest BCUT2D eigenvalue weighted by Gasteiger charge is -2.30. The maximum atomic E-state index is 12.9. The third-order valence-corrected chi connectivity index (χ3v) is 7.32. The van der Waals surface area contributed by atoms with Gasteiger partial charge in [0.2, 0.25) is 10.0 Å². The molecule has 29 heavy (non-hydrogen) atoms. The van der Waals surface area contributed by atoms with Crippen molar-refractivity contribution in [3.05, 3.63) is 46.8 Å². The molecule has 2 aliphatic rings. The molecule has 1 aliphatic heterocycles. The second-order valence-electron chi connectivity index (χ2n) is 8.19. The van der Waals surface area contributed by atoms with Gasteiger partial charge >= 0.3 is 0 Å². The van der Waals surface area contributed by atoms with Gasteiger partial charge in [0.05, 0.1) is 11.9 Å². The topological polar surface area (TPSA) is 84.3 Å². The van der Waals surface area contributed by atoms with Crippen LogP contribution in [0.3, 0.4) is 0 Å². The fourth-order valence-electron chi connectivity index (χ4n) is 4.29. The lowest BCUT2D eigenvalue weighted by Crippen LogP contribution is -2.41. The van der Waals surface area contributed by atoms with Gasteiger partial charge in [0.1, 0.15) is 0 Å². The van der Waals surface area contributed by atoms with Gasteiger partial charge in [-0.25, -0.2) is 17.4 Å². The van der Waals surface area contributed by atoms with Crippen LogP contribution in [0.1, 0.15) is 46.6 Å². The Morgan fingerprint density at radius 2 is 1.86 bits per heavy atom. The van der Waals surface area contributed by atoms with E-state index in [0.29, 0.717) is 31.2 Å². The van der Waals surface area contributed by atoms with Gasteiger partial charge in [-0.05, 0) is 57.1 Å². The van der Waals surface area contributed by atoms with Gasteiger partial charge in [0.25, 0.3) is 5.91 Å². The smallest absolute Gasteiger partial charge is 0.272 e. The number of rotatable bonds is 5. The molecule has 1 saturated heterocycles. The molecular weight excluding hydrogens is 388 g/mol. The molecule has 4 rings (SSSR count). The van der Waals surface area contributed by atoms with E-state index in [1.807, 2.05) is 16.8 Å². The maximum absolute atomic E-state index is 12.9. The molecule has 1 amide bonds. The van der Waals surface area contributed by atoms with Crippen LogP contribution in [-0.2, 0) is 22.9 Å². The highest BCUT2D eigenvalue weighted by Crippen LogP contribution is 2.28. The van der Waals surface area contributed by atoms with E-state index in [1.54, 1.807) is 0 Å². The molecule has 1 aliphatic carbocycles. The molecule has 0 saturated carbocycles. The molecule has 2 aromatic rings. The fourth-order valence-corrected chi connectivity index (χ4v) is 5.16. The first kappa shape index (κ1) is 20.1. The van der Waals surface area contributed by atoms with Gasteiger partial charge in [-0.3, -0.25) is 4.79 Å². The van der Waals surface area contributed by atoms with E-state index in [4.69, 9.17) is 0 Å². The standard InChI is InChI=1S/C21H28N4O3S/c1-15-6-8-17(9-7-15)25-19-5-3-4-18(19)20(23-25)21(26)22-14-16-10-12-24(13-11-16)29(2,27)28/h6-9,16H,3-5,10-14H2,1-2H3,(H,22,26). The minimum atomic E-state index is -3.12. The van der Waals surface area contributed by atoms with Crippen LogP contribution in [0.4, 0.5) is 0 Å². The van der Waals surface area contributed by atoms with Crippen LogP contribution in [-0.4, -0.2) is 54.3 Å². The van der Waals surface area contributed by atoms with Crippen LogP contribution >= 0.6 is 0 Å². The largest absolute Gasteiger partial charge is 0.350 e. The van der Waals surface area contributed by atoms with E-state index < -0.39 is 10.0 Å². The molecule has 2 heterocycles. The summed E-state index contributed by atoms with van der Waals surface area (Å²) in [6.45, 7) is 3.66. The fraction of sp³-hybridized carbons (Fsp3) is 0.524. The Hall–Kier alpha value is -2.19. The number of nitrogens with one attached hydrogen (secondary N) is 1. The SMILES string of the molecule is Cc1ccc(-n2nc(C(=O)NCC3CCN(S(C)(=O)=O)CC3)c3c2CCC3)cc1. The van der Waals surface area contributed by atoms with Crippen molar-refractivity contribution in [1.29, 1.82) is 0 Å². The summed E-state index contributed by atoms with van der Waals surface area (Å²) in [4.78, 5) is 12.9. The summed E-state index contributed by atoms with van der Waals surface area (Å²) >= 11 is 0. The normalized spacial score (nSPS) is 18.0. The minimum absolute atomic E-state index is 0.125. The number of fused-ring (bicyclic) bond motifs is 1. The number of hydrogen-bond acceptors (Lipinski definition) is 4. The molecule has 1 aromatic carbocycles. The van der Waals surface area contributed by atoms with Crippen molar-refractivity contribution in [1.82, 2.24) is 19.4 Å². The first-order valence-electron chi connectivity index (χ1n) is 10.2. The molecule has 0 spiro atoms. The van der Waals surface area contributed by atoms with E-state index in [2.05, 4.69) is 29.5 Å². The number of piperidine rings is 1. The average Bonchev–Trinajstić information content (AvgIpc) is 3.29. The summed E-state index contributed by atoms with van der Waals surface area (Å²) in [6.07, 6.45) is 5.65. The van der Waals surface area contributed by atoms with E-state index in [-0.39, 0.29) is 5.91 Å². The average molecular weight is 417 g/mol. The van der Waals surface area contributed by atoms with Crippen molar-refractivity contribution in [3.63, 3.8) is 0 Å². The quantitative estimate of drug-likeness (QED) is 0.809. The summed E-state index contributed by atoms with van der Waals surface area (Å²) in [5, 5.41) is 7.70. The van der Waals surface area contributed by atoms with Gasteiger partial charge in [0.15, 0.2) is 5.69 Å². The molecule has 0 atom stereocenters. The Labute approximate surface area is 172 Å². The Balaban J connectivity index is 1.43. The van der Waals surface area contributed by atoms with Crippen LogP contribution in [0.25, 0.3) is 5.69 Å². The van der Waals surface area contributed by atoms with E-state index in [0.717, 1.165) is 49.0 Å². The Bertz CT molecular complexity index is 1000. The highest BCUT2D eigenvalue weighted by Gasteiger charge is 2.28. The number of aromatic nitrogens is 2. The Kier molecular flexibility index (Phi) is 5.48. The first-order chi connectivity index (χ1) is 13.8. The zero-order valence-corrected chi connectivity index (χ0v) is 17.8. The number of amides is 1. The summed E-state index contributed by atoms with van der Waals surface area (Å²) < 4.78 is 26.7. The molecule has 1 N–H and O–H groups in total. The zero-order valence-electron chi connectivity index (χ0n) is 17.0. The summed E-state index contributed by atoms with van der Waals surface area (Å²) in [7, 11) is -3.12. The molecule has 7 nitrogen and oxygen atoms in total. The van der Waals surface area contributed by atoms with Crippen molar-refractivity contribution in [3.8, 4) is 5.69 Å². The van der Waals surface area contributed by atoms with Gasteiger partial charge in [0, 0.05) is 30.9 Å². The molecule has 8 heteroatoms. The van der Waals surface area contributed by atoms with E-state index in [1.165, 1.54) is 16.1 Å². The van der Waals surface area contributed by atoms with Crippen molar-refractivity contribution in [2.45, 2.75) is 39.0 Å². The number of hydrogen-bond donors (Lipinski definition) is 1. The summed E-state index contributed by atoms with van der Waals surface area (Å²) in [6, 6.07) is 8.19. The van der Waals surface area contributed by atoms with Gasteiger partial charge in [-0.1, -0.05) is 17.7 Å². The van der Waals surface area contributed by atoms with Gasteiger partial charge in [-0.2, -0.15) is 5.10 Å². The highest BCUT2D eigenvalue weighted by molar-refractivity contribution is 7.88. The van der Waals surface area contributed by atoms with Crippen LogP contribution < -0.4 is 5.32 Å². The summed E-state index contributed by atoms with van der Waals surface area (Å²) in [5.74, 6) is 0.170.